The molecule has 0 aliphatic carbocycles. The Bertz CT molecular complexity index is 1350. The highest BCUT2D eigenvalue weighted by atomic mass is 35.5. The van der Waals surface area contributed by atoms with Crippen molar-refractivity contribution in [3.05, 3.63) is 71.4 Å². The van der Waals surface area contributed by atoms with E-state index in [1.165, 1.54) is 36.5 Å². The van der Waals surface area contributed by atoms with E-state index in [4.69, 9.17) is 29.1 Å². The van der Waals surface area contributed by atoms with Crippen LogP contribution in [0.15, 0.2) is 65.8 Å². The van der Waals surface area contributed by atoms with Crippen molar-refractivity contribution in [1.82, 2.24) is 15.0 Å². The minimum atomic E-state index is -4.08. The summed E-state index contributed by atoms with van der Waals surface area (Å²) in [5.74, 6) is -0.0842. The van der Waals surface area contributed by atoms with Gasteiger partial charge in [-0.25, -0.2) is 9.97 Å². The molecule has 8 nitrogen and oxygen atoms in total. The molecule has 0 bridgehead atoms. The number of nitrogens with two attached hydrogens (primary N) is 1. The normalized spacial score (nSPS) is 11.5. The quantitative estimate of drug-likeness (QED) is 0.438. The summed E-state index contributed by atoms with van der Waals surface area (Å²) in [6, 6.07) is 13.8. The molecule has 2 aromatic carbocycles. The average molecular weight is 462 g/mol. The maximum atomic E-state index is 12.7. The molecular weight excluding hydrogens is 449 g/mol. The van der Waals surface area contributed by atoms with Crippen LogP contribution in [0.1, 0.15) is 10.4 Å². The molecule has 0 saturated carbocycles. The van der Waals surface area contributed by atoms with Crippen molar-refractivity contribution in [3.63, 3.8) is 0 Å². The van der Waals surface area contributed by atoms with Gasteiger partial charge >= 0.3 is 0 Å². The molecule has 152 valence electrons. The largest absolute Gasteiger partial charge is 0.366 e. The van der Waals surface area contributed by atoms with Crippen LogP contribution in [0.3, 0.4) is 0 Å². The Kier molecular flexibility index (Phi) is 5.10. The van der Waals surface area contributed by atoms with Gasteiger partial charge < -0.3 is 10.7 Å². The number of carbonyl (C=O) groups excluding carboxylic acids is 1. The van der Waals surface area contributed by atoms with Gasteiger partial charge in [-0.05, 0) is 54.6 Å². The maximum absolute atomic E-state index is 12.7. The van der Waals surface area contributed by atoms with Gasteiger partial charge in [0.25, 0.3) is 10.0 Å². The van der Waals surface area contributed by atoms with Crippen LogP contribution in [0.25, 0.3) is 22.4 Å². The standard InChI is InChI=1S/C19H13Cl2N5O3S/c20-13-3-5-14(6-4-13)26(21)30(28,29)17-8-2-12(10-23-17)19-24-15-7-1-11(18(22)27)9-16(15)25-19/h1-10H,(H2,22,27)(H,24,25). The Balaban J connectivity index is 1.64. The number of nitrogens with one attached hydrogen (secondary N) is 1. The minimum Gasteiger partial charge on any atom is -0.366 e. The number of fused-ring (bicyclic) bond motifs is 1. The molecule has 0 spiro atoms. The van der Waals surface area contributed by atoms with Crippen LogP contribution in [0.2, 0.25) is 5.02 Å². The molecule has 0 radical (unpaired) electrons. The Morgan fingerprint density at radius 2 is 1.80 bits per heavy atom. The molecule has 30 heavy (non-hydrogen) atoms. The molecule has 4 aromatic rings. The van der Waals surface area contributed by atoms with Gasteiger partial charge in [0.15, 0.2) is 5.03 Å². The second kappa shape index (κ2) is 7.60. The van der Waals surface area contributed by atoms with Gasteiger partial charge in [0.1, 0.15) is 5.82 Å². The van der Waals surface area contributed by atoms with Crippen LogP contribution in [0, 0.1) is 0 Å². The zero-order chi connectivity index (χ0) is 21.5. The van der Waals surface area contributed by atoms with Crippen molar-refractivity contribution in [2.24, 2.45) is 5.73 Å². The van der Waals surface area contributed by atoms with E-state index in [1.807, 2.05) is 0 Å². The van der Waals surface area contributed by atoms with Crippen molar-refractivity contribution < 1.29 is 13.2 Å². The number of imidazole rings is 1. The van der Waals surface area contributed by atoms with Gasteiger partial charge in [-0.2, -0.15) is 12.2 Å². The second-order valence-corrected chi connectivity index (χ2v) is 8.97. The molecule has 11 heteroatoms. The van der Waals surface area contributed by atoms with E-state index in [1.54, 1.807) is 24.3 Å². The number of aromatic nitrogens is 3. The number of hydrogen-bond donors (Lipinski definition) is 2. The molecule has 0 unspecified atom stereocenters. The van der Waals surface area contributed by atoms with Gasteiger partial charge in [-0.1, -0.05) is 11.6 Å². The van der Waals surface area contributed by atoms with E-state index in [2.05, 4.69) is 15.0 Å². The number of hydrogen-bond acceptors (Lipinski definition) is 5. The molecule has 0 aliphatic rings. The number of pyridine rings is 1. The third kappa shape index (κ3) is 3.70. The summed E-state index contributed by atoms with van der Waals surface area (Å²) in [5.41, 5.74) is 7.67. The molecule has 0 fully saturated rings. The molecule has 2 aromatic heterocycles. The van der Waals surface area contributed by atoms with Gasteiger partial charge in [-0.15, -0.1) is 0 Å². The summed E-state index contributed by atoms with van der Waals surface area (Å²) in [6.45, 7) is 0. The molecule has 0 aliphatic heterocycles. The predicted molar refractivity (Wildman–Crippen MR) is 115 cm³/mol. The lowest BCUT2D eigenvalue weighted by Crippen LogP contribution is -2.22. The first-order valence-electron chi connectivity index (χ1n) is 8.48. The fourth-order valence-electron chi connectivity index (χ4n) is 2.75. The minimum absolute atomic E-state index is 0.231. The molecule has 0 saturated heterocycles. The lowest BCUT2D eigenvalue weighted by atomic mass is 10.2. The van der Waals surface area contributed by atoms with Gasteiger partial charge in [0, 0.05) is 34.1 Å². The highest BCUT2D eigenvalue weighted by Gasteiger charge is 2.25. The van der Waals surface area contributed by atoms with Crippen molar-refractivity contribution in [2.45, 2.75) is 5.03 Å². The lowest BCUT2D eigenvalue weighted by Gasteiger charge is -2.15. The summed E-state index contributed by atoms with van der Waals surface area (Å²) in [5, 5.41) is 0.223. The van der Waals surface area contributed by atoms with E-state index >= 15 is 0 Å². The van der Waals surface area contributed by atoms with Crippen LogP contribution in [-0.4, -0.2) is 29.3 Å². The molecule has 3 N–H and O–H groups in total. The molecule has 0 atom stereocenters. The zero-order valence-electron chi connectivity index (χ0n) is 15.1. The Morgan fingerprint density at radius 3 is 2.43 bits per heavy atom. The highest BCUT2D eigenvalue weighted by Crippen LogP contribution is 2.27. The number of anilines is 1. The number of benzene rings is 2. The number of primary amides is 1. The van der Waals surface area contributed by atoms with Crippen molar-refractivity contribution >= 4 is 56.0 Å². The van der Waals surface area contributed by atoms with Crippen LogP contribution < -0.4 is 9.56 Å². The number of aromatic amines is 1. The topological polar surface area (TPSA) is 122 Å². The second-order valence-electron chi connectivity index (χ2n) is 6.26. The SMILES string of the molecule is NC(=O)c1ccc2nc(-c3ccc(S(=O)(=O)N(Cl)c4ccc(Cl)cc4)nc3)[nH]c2c1. The predicted octanol–water partition coefficient (Wildman–Crippen LogP) is 3.73. The number of rotatable bonds is 5. The summed E-state index contributed by atoms with van der Waals surface area (Å²) in [4.78, 5) is 22.8. The number of H-pyrrole nitrogens is 1. The zero-order valence-corrected chi connectivity index (χ0v) is 17.4. The summed E-state index contributed by atoms with van der Waals surface area (Å²) >= 11 is 11.9. The van der Waals surface area contributed by atoms with Gasteiger partial charge in [-0.3, -0.25) is 4.79 Å². The third-order valence-corrected chi connectivity index (χ3v) is 6.68. The van der Waals surface area contributed by atoms with Gasteiger partial charge in [0.05, 0.1) is 16.7 Å². The fraction of sp³-hybridized carbons (Fsp3) is 0. The van der Waals surface area contributed by atoms with Crippen LogP contribution in [0.5, 0.6) is 0 Å². The Hall–Kier alpha value is -3.14. The van der Waals surface area contributed by atoms with E-state index in [-0.39, 0.29) is 10.7 Å². The summed E-state index contributed by atoms with van der Waals surface area (Å²) < 4.78 is 26.1. The molecule has 2 heterocycles. The first-order valence-corrected chi connectivity index (χ1v) is 10.6. The smallest absolute Gasteiger partial charge is 0.295 e. The average Bonchev–Trinajstić information content (AvgIpc) is 3.17. The maximum Gasteiger partial charge on any atom is 0.295 e. The van der Waals surface area contributed by atoms with Crippen LogP contribution in [-0.2, 0) is 10.0 Å². The van der Waals surface area contributed by atoms with Crippen LogP contribution in [0.4, 0.5) is 5.69 Å². The number of sulfonamides is 1. The summed E-state index contributed by atoms with van der Waals surface area (Å²) in [7, 11) is -4.08. The van der Waals surface area contributed by atoms with Crippen molar-refractivity contribution in [3.8, 4) is 11.4 Å². The third-order valence-electron chi connectivity index (χ3n) is 4.28. The lowest BCUT2D eigenvalue weighted by molar-refractivity contribution is 0.100. The number of halogens is 2. The monoisotopic (exact) mass is 461 g/mol. The van der Waals surface area contributed by atoms with E-state index in [9.17, 15) is 13.2 Å². The van der Waals surface area contributed by atoms with Gasteiger partial charge in [0.2, 0.25) is 5.91 Å². The van der Waals surface area contributed by atoms with Crippen LogP contribution >= 0.6 is 23.4 Å². The Morgan fingerprint density at radius 1 is 1.07 bits per heavy atom. The summed E-state index contributed by atoms with van der Waals surface area (Å²) in [6.07, 6.45) is 1.37. The molecular formula is C19H13Cl2N5O3S. The number of amides is 1. The first-order chi connectivity index (χ1) is 14.3. The molecule has 4 rings (SSSR count). The highest BCUT2D eigenvalue weighted by molar-refractivity contribution is 7.94. The fourth-order valence-corrected chi connectivity index (χ4v) is 4.19. The van der Waals surface area contributed by atoms with Crippen molar-refractivity contribution in [1.29, 1.82) is 0 Å². The number of nitrogens with zero attached hydrogens (tertiary/aromatic N) is 3. The van der Waals surface area contributed by atoms with E-state index in [0.717, 1.165) is 0 Å². The van der Waals surface area contributed by atoms with E-state index in [0.29, 0.717) is 36.8 Å². The number of carbonyl (C=O) groups is 1. The first kappa shape index (κ1) is 20.1. The Labute approximate surface area is 181 Å². The van der Waals surface area contributed by atoms with E-state index < -0.39 is 15.9 Å². The molecule has 1 amide bonds. The van der Waals surface area contributed by atoms with Crippen molar-refractivity contribution in [2.75, 3.05) is 3.82 Å².